The predicted molar refractivity (Wildman–Crippen MR) is 59.8 cm³/mol. The molecule has 0 aliphatic carbocycles. The van der Waals surface area contributed by atoms with Gasteiger partial charge in [-0.25, -0.2) is 0 Å². The van der Waals surface area contributed by atoms with Crippen molar-refractivity contribution in [2.75, 3.05) is 5.73 Å². The van der Waals surface area contributed by atoms with Crippen LogP contribution in [0.2, 0.25) is 4.34 Å². The molecule has 0 aromatic carbocycles. The maximum atomic E-state index is 5.98. The SMILES string of the molecule is Cc1nn(Cc2ccsc2Cl)cc1N. The van der Waals surface area contributed by atoms with Gasteiger partial charge >= 0.3 is 0 Å². The van der Waals surface area contributed by atoms with Gasteiger partial charge in [-0.15, -0.1) is 11.3 Å². The molecule has 2 heterocycles. The summed E-state index contributed by atoms with van der Waals surface area (Å²) in [5.74, 6) is 0. The molecule has 5 heteroatoms. The quantitative estimate of drug-likeness (QED) is 0.857. The van der Waals surface area contributed by atoms with Crippen LogP contribution in [-0.4, -0.2) is 9.78 Å². The van der Waals surface area contributed by atoms with Gasteiger partial charge in [0.2, 0.25) is 0 Å². The van der Waals surface area contributed by atoms with E-state index in [2.05, 4.69) is 5.10 Å². The number of hydrogen-bond donors (Lipinski definition) is 1. The Morgan fingerprint density at radius 2 is 2.43 bits per heavy atom. The van der Waals surface area contributed by atoms with Gasteiger partial charge in [0, 0.05) is 11.8 Å². The zero-order chi connectivity index (χ0) is 10.1. The van der Waals surface area contributed by atoms with Crippen LogP contribution in [-0.2, 0) is 6.54 Å². The first-order valence-electron chi connectivity index (χ1n) is 4.18. The fourth-order valence-corrected chi connectivity index (χ4v) is 2.13. The highest BCUT2D eigenvalue weighted by atomic mass is 35.5. The number of aryl methyl sites for hydroxylation is 1. The van der Waals surface area contributed by atoms with Gasteiger partial charge in [0.15, 0.2) is 0 Å². The third-order valence-electron chi connectivity index (χ3n) is 2.01. The van der Waals surface area contributed by atoms with Crippen molar-refractivity contribution in [1.82, 2.24) is 9.78 Å². The Labute approximate surface area is 91.1 Å². The van der Waals surface area contributed by atoms with Crippen LogP contribution in [0.15, 0.2) is 17.6 Å². The van der Waals surface area contributed by atoms with Crippen LogP contribution < -0.4 is 5.73 Å². The Morgan fingerprint density at radius 1 is 1.64 bits per heavy atom. The molecule has 0 saturated carbocycles. The molecule has 74 valence electrons. The summed E-state index contributed by atoms with van der Waals surface area (Å²) in [6, 6.07) is 2.00. The third kappa shape index (κ3) is 1.76. The summed E-state index contributed by atoms with van der Waals surface area (Å²) in [4.78, 5) is 0. The molecule has 2 N–H and O–H groups in total. The van der Waals surface area contributed by atoms with Gasteiger partial charge in [0.1, 0.15) is 0 Å². The van der Waals surface area contributed by atoms with Crippen LogP contribution in [0.25, 0.3) is 0 Å². The summed E-state index contributed by atoms with van der Waals surface area (Å²) < 4.78 is 2.62. The summed E-state index contributed by atoms with van der Waals surface area (Å²) in [5, 5.41) is 6.23. The number of thiophene rings is 1. The van der Waals surface area contributed by atoms with E-state index in [4.69, 9.17) is 17.3 Å². The number of nitrogens with two attached hydrogens (primary N) is 1. The van der Waals surface area contributed by atoms with Gasteiger partial charge in [-0.3, -0.25) is 4.68 Å². The topological polar surface area (TPSA) is 43.8 Å². The molecule has 0 bridgehead atoms. The minimum atomic E-state index is 0.681. The van der Waals surface area contributed by atoms with Crippen molar-refractivity contribution in [3.05, 3.63) is 33.2 Å². The second-order valence-electron chi connectivity index (χ2n) is 3.09. The zero-order valence-corrected chi connectivity index (χ0v) is 9.27. The normalized spacial score (nSPS) is 10.7. The van der Waals surface area contributed by atoms with Crippen LogP contribution in [0.3, 0.4) is 0 Å². The largest absolute Gasteiger partial charge is 0.396 e. The average molecular weight is 228 g/mol. The van der Waals surface area contributed by atoms with Crippen molar-refractivity contribution < 1.29 is 0 Å². The Bertz CT molecular complexity index is 427. The summed E-state index contributed by atoms with van der Waals surface area (Å²) in [5.41, 5.74) is 8.35. The Morgan fingerprint density at radius 3 is 2.93 bits per heavy atom. The van der Waals surface area contributed by atoms with Crippen molar-refractivity contribution in [1.29, 1.82) is 0 Å². The first-order chi connectivity index (χ1) is 6.66. The second kappa shape index (κ2) is 3.63. The first-order valence-corrected chi connectivity index (χ1v) is 5.44. The van der Waals surface area contributed by atoms with E-state index in [9.17, 15) is 0 Å². The number of nitrogen functional groups attached to an aromatic ring is 1. The highest BCUT2D eigenvalue weighted by molar-refractivity contribution is 7.14. The van der Waals surface area contributed by atoms with E-state index in [0.717, 1.165) is 21.3 Å². The second-order valence-corrected chi connectivity index (χ2v) is 4.61. The molecule has 0 spiro atoms. The number of anilines is 1. The summed E-state index contributed by atoms with van der Waals surface area (Å²) >= 11 is 7.51. The molecule has 2 rings (SSSR count). The van der Waals surface area contributed by atoms with Crippen molar-refractivity contribution in [3.63, 3.8) is 0 Å². The minimum Gasteiger partial charge on any atom is -0.396 e. The third-order valence-corrected chi connectivity index (χ3v) is 3.26. The van der Waals surface area contributed by atoms with E-state index < -0.39 is 0 Å². The lowest BCUT2D eigenvalue weighted by atomic mass is 10.3. The molecule has 0 fully saturated rings. The number of halogens is 1. The highest BCUT2D eigenvalue weighted by Crippen LogP contribution is 2.23. The highest BCUT2D eigenvalue weighted by Gasteiger charge is 2.05. The molecule has 0 aliphatic heterocycles. The number of rotatable bonds is 2. The fourth-order valence-electron chi connectivity index (χ4n) is 1.22. The van der Waals surface area contributed by atoms with Crippen molar-refractivity contribution in [3.8, 4) is 0 Å². The van der Waals surface area contributed by atoms with Crippen LogP contribution in [0.1, 0.15) is 11.3 Å². The first kappa shape index (κ1) is 9.55. The minimum absolute atomic E-state index is 0.681. The van der Waals surface area contributed by atoms with Gasteiger partial charge in [0.25, 0.3) is 0 Å². The average Bonchev–Trinajstić information content (AvgIpc) is 2.63. The fraction of sp³-hybridized carbons (Fsp3) is 0.222. The number of hydrogen-bond acceptors (Lipinski definition) is 3. The smallest absolute Gasteiger partial charge is 0.0979 e. The van der Waals surface area contributed by atoms with Crippen LogP contribution in [0, 0.1) is 6.92 Å². The van der Waals surface area contributed by atoms with Crippen molar-refractivity contribution in [2.45, 2.75) is 13.5 Å². The van der Waals surface area contributed by atoms with Gasteiger partial charge in [-0.05, 0) is 18.4 Å². The molecule has 2 aromatic heterocycles. The van der Waals surface area contributed by atoms with E-state index in [1.54, 1.807) is 4.68 Å². The van der Waals surface area contributed by atoms with Gasteiger partial charge < -0.3 is 5.73 Å². The van der Waals surface area contributed by atoms with Gasteiger partial charge in [-0.1, -0.05) is 11.6 Å². The van der Waals surface area contributed by atoms with Crippen LogP contribution in [0.5, 0.6) is 0 Å². The summed E-state index contributed by atoms with van der Waals surface area (Å²) in [7, 11) is 0. The van der Waals surface area contributed by atoms with Gasteiger partial charge in [0.05, 0.1) is 22.3 Å². The molecule has 3 nitrogen and oxygen atoms in total. The standard InChI is InChI=1S/C9H10ClN3S/c1-6-8(11)5-13(12-6)4-7-2-3-14-9(7)10/h2-3,5H,4,11H2,1H3. The summed E-state index contributed by atoms with van der Waals surface area (Å²) in [6.45, 7) is 2.57. The lowest BCUT2D eigenvalue weighted by molar-refractivity contribution is 0.681. The molecule has 2 aromatic rings. The Hall–Kier alpha value is -1.00. The maximum absolute atomic E-state index is 5.98. The van der Waals surface area contributed by atoms with E-state index >= 15 is 0 Å². The van der Waals surface area contributed by atoms with E-state index in [0.29, 0.717) is 6.54 Å². The molecule has 0 unspecified atom stereocenters. The van der Waals surface area contributed by atoms with Crippen molar-refractivity contribution >= 4 is 28.6 Å². The Balaban J connectivity index is 2.23. The molecule has 0 amide bonds. The van der Waals surface area contributed by atoms with Crippen molar-refractivity contribution in [2.24, 2.45) is 0 Å². The van der Waals surface area contributed by atoms with Gasteiger partial charge in [-0.2, -0.15) is 5.10 Å². The molecule has 0 radical (unpaired) electrons. The van der Waals surface area contributed by atoms with E-state index in [-0.39, 0.29) is 0 Å². The number of nitrogens with zero attached hydrogens (tertiary/aromatic N) is 2. The molecule has 0 saturated heterocycles. The number of aromatic nitrogens is 2. The van der Waals surface area contributed by atoms with E-state index in [1.165, 1.54) is 11.3 Å². The lowest BCUT2D eigenvalue weighted by Gasteiger charge is -1.98. The monoisotopic (exact) mass is 227 g/mol. The van der Waals surface area contributed by atoms with Crippen LogP contribution >= 0.6 is 22.9 Å². The Kier molecular flexibility index (Phi) is 2.48. The van der Waals surface area contributed by atoms with E-state index in [1.807, 2.05) is 24.6 Å². The van der Waals surface area contributed by atoms with Crippen LogP contribution in [0.4, 0.5) is 5.69 Å². The zero-order valence-electron chi connectivity index (χ0n) is 7.70. The maximum Gasteiger partial charge on any atom is 0.0979 e. The molecule has 14 heavy (non-hydrogen) atoms. The molecular formula is C9H10ClN3S. The summed E-state index contributed by atoms with van der Waals surface area (Å²) in [6.07, 6.45) is 1.82. The molecule has 0 atom stereocenters. The molecular weight excluding hydrogens is 218 g/mol. The molecule has 0 aliphatic rings. The lowest BCUT2D eigenvalue weighted by Crippen LogP contribution is -1.99. The predicted octanol–water partition coefficient (Wildman–Crippen LogP) is 2.54.